The van der Waals surface area contributed by atoms with Crippen LogP contribution in [-0.2, 0) is 17.6 Å². The van der Waals surface area contributed by atoms with Crippen molar-refractivity contribution in [2.24, 2.45) is 0 Å². The molecule has 4 aromatic heterocycles. The van der Waals surface area contributed by atoms with Crippen molar-refractivity contribution in [3.63, 3.8) is 0 Å². The van der Waals surface area contributed by atoms with Crippen LogP contribution in [0.2, 0.25) is 0 Å². The summed E-state index contributed by atoms with van der Waals surface area (Å²) in [7, 11) is 0. The van der Waals surface area contributed by atoms with Gasteiger partial charge in [0.2, 0.25) is 0 Å². The third-order valence-corrected chi connectivity index (χ3v) is 14.5. The highest BCUT2D eigenvalue weighted by molar-refractivity contribution is 5.87. The second kappa shape index (κ2) is 18.0. The number of hydrogen-bond donors (Lipinski definition) is 0. The quantitative estimate of drug-likeness (QED) is 0.0960. The van der Waals surface area contributed by atoms with E-state index in [4.69, 9.17) is 24.9 Å². The van der Waals surface area contributed by atoms with Gasteiger partial charge in [-0.15, -0.1) is 0 Å². The smallest absolute Gasteiger partial charge is 0.165 e. The standard InChI is InChI=1S/C54H74N8O/c1-15-19-41-29-45-37(11)55-51-49(47-33(7)25-31(5)26-34(47)8)39(13)57-61(51)53(45)59(41)23-21-43(17-3)63-44(18-4)22-24-60-42(20-16-2)30-46-38(12)56-52-50(40(14)58-62(52)54(46)60)48-35(9)27-32(6)28-36(48)10/h25-28,41-44H,15-24,29-30H2,1-14H3. The first-order valence-electron chi connectivity index (χ1n) is 24.3. The van der Waals surface area contributed by atoms with Gasteiger partial charge >= 0.3 is 0 Å². The second-order valence-electron chi connectivity index (χ2n) is 19.4. The molecule has 8 rings (SSSR count). The summed E-state index contributed by atoms with van der Waals surface area (Å²) in [4.78, 5) is 16.0. The van der Waals surface area contributed by atoms with Crippen LogP contribution in [0.25, 0.3) is 33.5 Å². The maximum absolute atomic E-state index is 7.17. The molecule has 4 unspecified atom stereocenters. The van der Waals surface area contributed by atoms with Gasteiger partial charge in [-0.2, -0.15) is 19.2 Å². The third kappa shape index (κ3) is 8.06. The first kappa shape index (κ1) is 44.8. The van der Waals surface area contributed by atoms with Gasteiger partial charge in [-0.25, -0.2) is 9.97 Å². The van der Waals surface area contributed by atoms with Crippen molar-refractivity contribution in [1.29, 1.82) is 0 Å². The summed E-state index contributed by atoms with van der Waals surface area (Å²) in [6.07, 6.45) is 10.9. The van der Waals surface area contributed by atoms with E-state index in [1.807, 2.05) is 0 Å². The predicted molar refractivity (Wildman–Crippen MR) is 262 cm³/mol. The molecule has 336 valence electrons. The number of benzene rings is 2. The Kier molecular flexibility index (Phi) is 12.8. The Balaban J connectivity index is 1.05. The van der Waals surface area contributed by atoms with Crippen LogP contribution < -0.4 is 9.80 Å². The van der Waals surface area contributed by atoms with Gasteiger partial charge < -0.3 is 14.5 Å². The lowest BCUT2D eigenvalue weighted by Gasteiger charge is -2.32. The number of rotatable bonds is 16. The van der Waals surface area contributed by atoms with Gasteiger partial charge in [-0.1, -0.05) is 75.9 Å². The molecule has 0 saturated carbocycles. The number of anilines is 2. The molecule has 0 saturated heterocycles. The van der Waals surface area contributed by atoms with E-state index in [1.165, 1.54) is 78.4 Å². The number of aryl methyl sites for hydroxylation is 10. The number of hydrogen-bond acceptors (Lipinski definition) is 7. The minimum Gasteiger partial charge on any atom is -0.375 e. The van der Waals surface area contributed by atoms with Crippen LogP contribution in [0.15, 0.2) is 24.3 Å². The van der Waals surface area contributed by atoms with Gasteiger partial charge in [0.15, 0.2) is 11.3 Å². The summed E-state index contributed by atoms with van der Waals surface area (Å²) >= 11 is 0. The van der Waals surface area contributed by atoms with Crippen LogP contribution in [0.4, 0.5) is 11.6 Å². The van der Waals surface area contributed by atoms with Crippen LogP contribution >= 0.6 is 0 Å². The number of ether oxygens (including phenoxy) is 1. The molecule has 0 N–H and O–H groups in total. The lowest BCUT2D eigenvalue weighted by atomic mass is 9.94. The largest absolute Gasteiger partial charge is 0.375 e. The molecule has 2 aliphatic heterocycles. The molecule has 6 aromatic rings. The zero-order valence-corrected chi connectivity index (χ0v) is 41.1. The summed E-state index contributed by atoms with van der Waals surface area (Å²) in [5.74, 6) is 2.48. The molecule has 2 aliphatic rings. The zero-order chi connectivity index (χ0) is 45.0. The highest BCUT2D eigenvalue weighted by atomic mass is 16.5. The lowest BCUT2D eigenvalue weighted by Crippen LogP contribution is -2.38. The SMILES string of the molecule is CCCC1Cc2c(C)nc3c(-c4c(C)cc(C)cc4C)c(C)nn3c2N1CCC(CC)OC(CC)CCN1c2c(c(C)nc3c(-c4c(C)cc(C)cc4C)c(C)nn23)CC1CCC. The maximum Gasteiger partial charge on any atom is 0.165 e. The second-order valence-corrected chi connectivity index (χ2v) is 19.4. The first-order chi connectivity index (χ1) is 30.2. The normalized spacial score (nSPS) is 17.1. The molecule has 9 nitrogen and oxygen atoms in total. The maximum atomic E-state index is 7.17. The minimum atomic E-state index is 0.167. The Labute approximate surface area is 377 Å². The summed E-state index contributed by atoms with van der Waals surface area (Å²) in [5, 5.41) is 10.6. The average Bonchev–Trinajstić information content (AvgIpc) is 3.95. The lowest BCUT2D eigenvalue weighted by molar-refractivity contribution is -0.0218. The van der Waals surface area contributed by atoms with Gasteiger partial charge in [-0.05, 0) is 154 Å². The first-order valence-corrected chi connectivity index (χ1v) is 24.3. The molecule has 0 aliphatic carbocycles. The number of aromatic nitrogens is 6. The summed E-state index contributed by atoms with van der Waals surface area (Å²) in [6.45, 7) is 33.1. The Morgan fingerprint density at radius 2 is 0.889 bits per heavy atom. The van der Waals surface area contributed by atoms with E-state index in [0.717, 1.165) is 111 Å². The molecule has 0 bridgehead atoms. The minimum absolute atomic E-state index is 0.167. The summed E-state index contributed by atoms with van der Waals surface area (Å²) < 4.78 is 11.6. The molecule has 9 heteroatoms. The molecular formula is C54H74N8O. The van der Waals surface area contributed by atoms with E-state index in [0.29, 0.717) is 12.1 Å². The van der Waals surface area contributed by atoms with Gasteiger partial charge in [0, 0.05) is 47.7 Å². The summed E-state index contributed by atoms with van der Waals surface area (Å²) in [5.41, 5.74) is 21.6. The van der Waals surface area contributed by atoms with Crippen LogP contribution in [0, 0.1) is 69.2 Å². The molecule has 0 radical (unpaired) electrons. The third-order valence-electron chi connectivity index (χ3n) is 14.5. The molecule has 0 fully saturated rings. The Morgan fingerprint density at radius 1 is 0.524 bits per heavy atom. The van der Waals surface area contributed by atoms with Crippen molar-refractivity contribution in [2.75, 3.05) is 22.9 Å². The Morgan fingerprint density at radius 3 is 1.22 bits per heavy atom. The fraction of sp³-hybridized carbons (Fsp3) is 0.556. The molecule has 63 heavy (non-hydrogen) atoms. The molecule has 0 amide bonds. The Bertz CT molecular complexity index is 2440. The molecule has 0 spiro atoms. The van der Waals surface area contributed by atoms with Gasteiger partial charge in [-0.3, -0.25) is 0 Å². The van der Waals surface area contributed by atoms with Crippen LogP contribution in [0.3, 0.4) is 0 Å². The zero-order valence-electron chi connectivity index (χ0n) is 41.1. The van der Waals surface area contributed by atoms with Gasteiger partial charge in [0.25, 0.3) is 0 Å². The monoisotopic (exact) mass is 851 g/mol. The van der Waals surface area contributed by atoms with E-state index < -0.39 is 0 Å². The van der Waals surface area contributed by atoms with Crippen LogP contribution in [0.1, 0.15) is 146 Å². The van der Waals surface area contributed by atoms with Crippen molar-refractivity contribution < 1.29 is 4.74 Å². The van der Waals surface area contributed by atoms with Gasteiger partial charge in [0.05, 0.1) is 34.7 Å². The van der Waals surface area contributed by atoms with E-state index in [2.05, 4.69) is 140 Å². The van der Waals surface area contributed by atoms with Crippen molar-refractivity contribution >= 4 is 22.9 Å². The predicted octanol–water partition coefficient (Wildman–Crippen LogP) is 12.3. The fourth-order valence-electron chi connectivity index (χ4n) is 11.7. The van der Waals surface area contributed by atoms with Crippen LogP contribution in [-0.4, -0.2) is 66.6 Å². The molecule has 2 aromatic carbocycles. The highest BCUT2D eigenvalue weighted by Gasteiger charge is 2.37. The van der Waals surface area contributed by atoms with E-state index in [1.54, 1.807) is 0 Å². The molecular weight excluding hydrogens is 777 g/mol. The van der Waals surface area contributed by atoms with Gasteiger partial charge in [0.1, 0.15) is 11.6 Å². The number of fused-ring (bicyclic) bond motifs is 6. The summed E-state index contributed by atoms with van der Waals surface area (Å²) in [6, 6.07) is 10.0. The van der Waals surface area contributed by atoms with Crippen molar-refractivity contribution in [3.05, 3.63) is 91.5 Å². The van der Waals surface area contributed by atoms with Crippen molar-refractivity contribution in [1.82, 2.24) is 29.2 Å². The van der Waals surface area contributed by atoms with E-state index in [9.17, 15) is 0 Å². The average molecular weight is 851 g/mol. The van der Waals surface area contributed by atoms with Crippen molar-refractivity contribution in [2.45, 2.75) is 185 Å². The highest BCUT2D eigenvalue weighted by Crippen LogP contribution is 2.43. The topological polar surface area (TPSA) is 76.1 Å². The fourth-order valence-corrected chi connectivity index (χ4v) is 11.7. The molecule has 6 heterocycles. The molecule has 4 atom stereocenters. The van der Waals surface area contributed by atoms with E-state index in [-0.39, 0.29) is 12.2 Å². The van der Waals surface area contributed by atoms with Crippen molar-refractivity contribution in [3.8, 4) is 22.3 Å². The number of nitrogens with zero attached hydrogens (tertiary/aromatic N) is 8. The van der Waals surface area contributed by atoms with Crippen LogP contribution in [0.5, 0.6) is 0 Å². The van der Waals surface area contributed by atoms with E-state index >= 15 is 0 Å². The Hall–Kier alpha value is -4.76.